The molecule has 0 fully saturated rings. The standard InChI is InChI=1S/C15H17F3N2/c1-11(19)7-13-5-6-20(10-13)9-12-3-2-4-14(8-12)15(16,17)18/h2-6,8,10-11H,7,9,19H2,1H3. The maximum absolute atomic E-state index is 12.6. The third-order valence-electron chi connectivity index (χ3n) is 2.99. The Labute approximate surface area is 116 Å². The average Bonchev–Trinajstić information content (AvgIpc) is 2.75. The van der Waals surface area contributed by atoms with E-state index in [0.717, 1.165) is 18.1 Å². The summed E-state index contributed by atoms with van der Waals surface area (Å²) < 4.78 is 39.8. The number of aromatic nitrogens is 1. The molecule has 0 saturated heterocycles. The second kappa shape index (κ2) is 5.71. The van der Waals surface area contributed by atoms with Crippen LogP contribution in [0.1, 0.15) is 23.6 Å². The molecule has 5 heteroatoms. The van der Waals surface area contributed by atoms with E-state index in [-0.39, 0.29) is 6.04 Å². The van der Waals surface area contributed by atoms with Crippen LogP contribution in [0.4, 0.5) is 13.2 Å². The summed E-state index contributed by atoms with van der Waals surface area (Å²) >= 11 is 0. The lowest BCUT2D eigenvalue weighted by atomic mass is 10.1. The lowest BCUT2D eigenvalue weighted by Crippen LogP contribution is -2.17. The first kappa shape index (κ1) is 14.7. The first-order chi connectivity index (χ1) is 9.34. The van der Waals surface area contributed by atoms with Crippen molar-refractivity contribution in [2.45, 2.75) is 32.1 Å². The summed E-state index contributed by atoms with van der Waals surface area (Å²) in [5.41, 5.74) is 6.82. The predicted molar refractivity (Wildman–Crippen MR) is 72.3 cm³/mol. The van der Waals surface area contributed by atoms with E-state index >= 15 is 0 Å². The Bertz CT molecular complexity index is 570. The zero-order valence-electron chi connectivity index (χ0n) is 11.2. The molecule has 0 saturated carbocycles. The van der Waals surface area contributed by atoms with Gasteiger partial charge in [0.25, 0.3) is 0 Å². The van der Waals surface area contributed by atoms with Crippen LogP contribution in [0.2, 0.25) is 0 Å². The van der Waals surface area contributed by atoms with Crippen LogP contribution in [0, 0.1) is 0 Å². The minimum atomic E-state index is -4.30. The molecule has 0 aliphatic heterocycles. The van der Waals surface area contributed by atoms with E-state index in [1.54, 1.807) is 6.07 Å². The van der Waals surface area contributed by atoms with E-state index in [9.17, 15) is 13.2 Å². The summed E-state index contributed by atoms with van der Waals surface area (Å²) in [7, 11) is 0. The molecule has 2 aromatic rings. The van der Waals surface area contributed by atoms with Gasteiger partial charge in [-0.1, -0.05) is 12.1 Å². The largest absolute Gasteiger partial charge is 0.416 e. The van der Waals surface area contributed by atoms with Gasteiger partial charge in [-0.2, -0.15) is 13.2 Å². The van der Waals surface area contributed by atoms with Gasteiger partial charge in [-0.25, -0.2) is 0 Å². The van der Waals surface area contributed by atoms with E-state index in [1.165, 1.54) is 12.1 Å². The van der Waals surface area contributed by atoms with Crippen LogP contribution < -0.4 is 5.73 Å². The second-order valence-electron chi connectivity index (χ2n) is 5.07. The minimum absolute atomic E-state index is 0.0689. The van der Waals surface area contributed by atoms with Crippen molar-refractivity contribution in [1.82, 2.24) is 4.57 Å². The molecule has 0 aliphatic rings. The number of halogens is 3. The van der Waals surface area contributed by atoms with Gasteiger partial charge in [-0.05, 0) is 42.7 Å². The fraction of sp³-hybridized carbons (Fsp3) is 0.333. The summed E-state index contributed by atoms with van der Waals surface area (Å²) in [6.45, 7) is 2.34. The maximum Gasteiger partial charge on any atom is 0.416 e. The SMILES string of the molecule is CC(N)Cc1ccn(Cc2cccc(C(F)(F)F)c2)c1. The molecule has 2 nitrogen and oxygen atoms in total. The summed E-state index contributed by atoms with van der Waals surface area (Å²) in [5, 5.41) is 0. The Morgan fingerprint density at radius 1 is 1.20 bits per heavy atom. The van der Waals surface area contributed by atoms with Gasteiger partial charge in [0.05, 0.1) is 5.56 Å². The molecule has 0 amide bonds. The van der Waals surface area contributed by atoms with Gasteiger partial charge in [0.1, 0.15) is 0 Å². The number of nitrogens with zero attached hydrogens (tertiary/aromatic N) is 1. The van der Waals surface area contributed by atoms with E-state index in [4.69, 9.17) is 5.73 Å². The first-order valence-electron chi connectivity index (χ1n) is 6.41. The Balaban J connectivity index is 2.12. The number of hydrogen-bond donors (Lipinski definition) is 1. The third-order valence-corrected chi connectivity index (χ3v) is 2.99. The number of alkyl halides is 3. The third kappa shape index (κ3) is 3.87. The summed E-state index contributed by atoms with van der Waals surface area (Å²) in [6, 6.07) is 7.41. The van der Waals surface area contributed by atoms with Crippen molar-refractivity contribution in [2.24, 2.45) is 5.73 Å². The molecule has 0 aliphatic carbocycles. The lowest BCUT2D eigenvalue weighted by molar-refractivity contribution is -0.137. The van der Waals surface area contributed by atoms with Gasteiger partial charge in [-0.15, -0.1) is 0 Å². The van der Waals surface area contributed by atoms with Crippen LogP contribution in [0.5, 0.6) is 0 Å². The lowest BCUT2D eigenvalue weighted by Gasteiger charge is -2.09. The minimum Gasteiger partial charge on any atom is -0.350 e. The van der Waals surface area contributed by atoms with Gasteiger partial charge in [0, 0.05) is 25.0 Å². The van der Waals surface area contributed by atoms with E-state index in [1.807, 2.05) is 30.0 Å². The number of hydrogen-bond acceptors (Lipinski definition) is 1. The van der Waals surface area contributed by atoms with Crippen molar-refractivity contribution >= 4 is 0 Å². The van der Waals surface area contributed by atoms with E-state index in [0.29, 0.717) is 12.1 Å². The molecule has 1 aromatic carbocycles. The first-order valence-corrected chi connectivity index (χ1v) is 6.41. The molecule has 0 bridgehead atoms. The molecule has 1 unspecified atom stereocenters. The predicted octanol–water partition coefficient (Wildman–Crippen LogP) is 3.44. The van der Waals surface area contributed by atoms with Crippen molar-refractivity contribution in [2.75, 3.05) is 0 Å². The highest BCUT2D eigenvalue weighted by atomic mass is 19.4. The van der Waals surface area contributed by atoms with Crippen molar-refractivity contribution in [1.29, 1.82) is 0 Å². The quantitative estimate of drug-likeness (QED) is 0.915. The molecule has 1 aromatic heterocycles. The van der Waals surface area contributed by atoms with Crippen LogP contribution in [-0.2, 0) is 19.1 Å². The fourth-order valence-corrected chi connectivity index (χ4v) is 2.14. The van der Waals surface area contributed by atoms with Gasteiger partial charge in [0.15, 0.2) is 0 Å². The second-order valence-corrected chi connectivity index (χ2v) is 5.07. The van der Waals surface area contributed by atoms with Gasteiger partial charge in [0.2, 0.25) is 0 Å². The highest BCUT2D eigenvalue weighted by Crippen LogP contribution is 2.29. The Kier molecular flexibility index (Phi) is 4.18. The monoisotopic (exact) mass is 282 g/mol. The molecule has 20 heavy (non-hydrogen) atoms. The van der Waals surface area contributed by atoms with Crippen LogP contribution in [0.15, 0.2) is 42.7 Å². The van der Waals surface area contributed by atoms with Crippen molar-refractivity contribution in [3.63, 3.8) is 0 Å². The summed E-state index contributed by atoms with van der Waals surface area (Å²) in [6.07, 6.45) is 0.240. The zero-order chi connectivity index (χ0) is 14.8. The Hall–Kier alpha value is -1.75. The number of rotatable bonds is 4. The molecule has 0 spiro atoms. The molecule has 2 N–H and O–H groups in total. The van der Waals surface area contributed by atoms with Gasteiger partial charge >= 0.3 is 6.18 Å². The van der Waals surface area contributed by atoms with Gasteiger partial charge < -0.3 is 10.3 Å². The summed E-state index contributed by atoms with van der Waals surface area (Å²) in [4.78, 5) is 0. The molecule has 2 rings (SSSR count). The topological polar surface area (TPSA) is 30.9 Å². The molecule has 108 valence electrons. The molecule has 1 heterocycles. The van der Waals surface area contributed by atoms with Crippen LogP contribution >= 0.6 is 0 Å². The normalized spacial score (nSPS) is 13.4. The molecular weight excluding hydrogens is 265 g/mol. The summed E-state index contributed by atoms with van der Waals surface area (Å²) in [5.74, 6) is 0. The number of nitrogens with two attached hydrogens (primary N) is 1. The van der Waals surface area contributed by atoms with Crippen LogP contribution in [0.3, 0.4) is 0 Å². The highest BCUT2D eigenvalue weighted by molar-refractivity contribution is 5.26. The van der Waals surface area contributed by atoms with Crippen molar-refractivity contribution in [3.8, 4) is 0 Å². The fourth-order valence-electron chi connectivity index (χ4n) is 2.14. The Morgan fingerprint density at radius 3 is 2.60 bits per heavy atom. The maximum atomic E-state index is 12.6. The highest BCUT2D eigenvalue weighted by Gasteiger charge is 2.30. The van der Waals surface area contributed by atoms with Crippen LogP contribution in [0.25, 0.3) is 0 Å². The average molecular weight is 282 g/mol. The number of benzene rings is 1. The zero-order valence-corrected chi connectivity index (χ0v) is 11.2. The molecule has 1 atom stereocenters. The van der Waals surface area contributed by atoms with Gasteiger partial charge in [-0.3, -0.25) is 0 Å². The van der Waals surface area contributed by atoms with Crippen molar-refractivity contribution < 1.29 is 13.2 Å². The van der Waals surface area contributed by atoms with Crippen LogP contribution in [-0.4, -0.2) is 10.6 Å². The van der Waals surface area contributed by atoms with E-state index in [2.05, 4.69) is 0 Å². The van der Waals surface area contributed by atoms with E-state index < -0.39 is 11.7 Å². The van der Waals surface area contributed by atoms with Crippen molar-refractivity contribution in [3.05, 3.63) is 59.4 Å². The molecular formula is C15H17F3N2. The Morgan fingerprint density at radius 2 is 1.95 bits per heavy atom. The molecule has 0 radical (unpaired) electrons. The smallest absolute Gasteiger partial charge is 0.350 e.